The van der Waals surface area contributed by atoms with E-state index in [1.54, 1.807) is 0 Å². The third-order valence-corrected chi connectivity index (χ3v) is 4.90. The normalized spacial score (nSPS) is 18.6. The van der Waals surface area contributed by atoms with Crippen molar-refractivity contribution in [1.29, 1.82) is 0 Å². The summed E-state index contributed by atoms with van der Waals surface area (Å²) < 4.78 is 0. The van der Waals surface area contributed by atoms with Gasteiger partial charge in [0.2, 0.25) is 0 Å². The molecule has 0 amide bonds. The van der Waals surface area contributed by atoms with Crippen LogP contribution in [0.1, 0.15) is 56.9 Å². The van der Waals surface area contributed by atoms with E-state index in [-0.39, 0.29) is 0 Å². The lowest BCUT2D eigenvalue weighted by molar-refractivity contribution is 0.505. The third kappa shape index (κ3) is 5.63. The van der Waals surface area contributed by atoms with Crippen LogP contribution in [-0.2, 0) is 6.42 Å². The Morgan fingerprint density at radius 1 is 1.00 bits per heavy atom. The highest BCUT2D eigenvalue weighted by Gasteiger charge is 2.12. The molecule has 0 spiro atoms. The first-order chi connectivity index (χ1) is 9.75. The van der Waals surface area contributed by atoms with Crippen molar-refractivity contribution in [2.24, 2.45) is 0 Å². The average Bonchev–Trinajstić information content (AvgIpc) is 2.95. The van der Waals surface area contributed by atoms with Gasteiger partial charge in [-0.1, -0.05) is 55.0 Å². The second-order valence-corrected chi connectivity index (χ2v) is 6.66. The maximum Gasteiger partial charge on any atom is 0.0595 e. The molecular formula is C17H25Cl2N. The zero-order valence-electron chi connectivity index (χ0n) is 12.1. The predicted octanol–water partition coefficient (Wildman–Crippen LogP) is 5.63. The molecule has 2 rings (SSSR count). The molecule has 1 saturated heterocycles. The molecule has 1 heterocycles. The van der Waals surface area contributed by atoms with Gasteiger partial charge in [-0.15, -0.1) is 0 Å². The fourth-order valence-electron chi connectivity index (χ4n) is 2.95. The molecular weight excluding hydrogens is 289 g/mol. The van der Waals surface area contributed by atoms with Crippen LogP contribution in [0.3, 0.4) is 0 Å². The molecule has 1 aliphatic rings. The van der Waals surface area contributed by atoms with E-state index in [1.807, 2.05) is 12.1 Å². The maximum atomic E-state index is 6.02. The summed E-state index contributed by atoms with van der Waals surface area (Å²) in [5.74, 6) is 0. The summed E-state index contributed by atoms with van der Waals surface area (Å²) >= 11 is 11.9. The van der Waals surface area contributed by atoms with E-state index in [4.69, 9.17) is 23.2 Å². The highest BCUT2D eigenvalue weighted by molar-refractivity contribution is 6.42. The summed E-state index contributed by atoms with van der Waals surface area (Å²) in [5, 5.41) is 4.89. The average molecular weight is 314 g/mol. The molecule has 1 aliphatic heterocycles. The smallest absolute Gasteiger partial charge is 0.0595 e. The lowest BCUT2D eigenvalue weighted by Gasteiger charge is -2.09. The van der Waals surface area contributed by atoms with E-state index >= 15 is 0 Å². The second kappa shape index (κ2) is 8.92. The van der Waals surface area contributed by atoms with Gasteiger partial charge < -0.3 is 5.32 Å². The van der Waals surface area contributed by atoms with Gasteiger partial charge in [-0.05, 0) is 56.3 Å². The van der Waals surface area contributed by atoms with Crippen molar-refractivity contribution < 1.29 is 0 Å². The lowest BCUT2D eigenvalue weighted by Crippen LogP contribution is -2.20. The maximum absolute atomic E-state index is 6.02. The van der Waals surface area contributed by atoms with Crippen LogP contribution >= 0.6 is 23.2 Å². The van der Waals surface area contributed by atoms with Gasteiger partial charge in [-0.3, -0.25) is 0 Å². The van der Waals surface area contributed by atoms with Gasteiger partial charge in [0.05, 0.1) is 10.0 Å². The first kappa shape index (κ1) is 16.1. The Labute approximate surface area is 133 Å². The summed E-state index contributed by atoms with van der Waals surface area (Å²) in [6, 6.07) is 6.79. The number of hydrogen-bond donors (Lipinski definition) is 1. The SMILES string of the molecule is Clc1ccc(CCCCCCCC2CCCN2)cc1Cl. The second-order valence-electron chi connectivity index (χ2n) is 5.85. The Hall–Kier alpha value is -0.240. The minimum absolute atomic E-state index is 0.649. The van der Waals surface area contributed by atoms with Gasteiger partial charge in [0.25, 0.3) is 0 Å². The minimum Gasteiger partial charge on any atom is -0.314 e. The van der Waals surface area contributed by atoms with Crippen molar-refractivity contribution >= 4 is 23.2 Å². The fourth-order valence-corrected chi connectivity index (χ4v) is 3.27. The van der Waals surface area contributed by atoms with Crippen LogP contribution in [0.15, 0.2) is 18.2 Å². The van der Waals surface area contributed by atoms with Crippen LogP contribution in [0.4, 0.5) is 0 Å². The minimum atomic E-state index is 0.649. The van der Waals surface area contributed by atoms with E-state index in [9.17, 15) is 0 Å². The number of aryl methyl sites for hydroxylation is 1. The van der Waals surface area contributed by atoms with Gasteiger partial charge in [0, 0.05) is 6.04 Å². The standard InChI is InChI=1S/C17H25Cl2N/c18-16-11-10-14(13-17(16)19)7-4-2-1-3-5-8-15-9-6-12-20-15/h10-11,13,15,20H,1-9,12H2. The molecule has 3 heteroatoms. The number of nitrogens with one attached hydrogen (secondary N) is 1. The van der Waals surface area contributed by atoms with E-state index in [2.05, 4.69) is 11.4 Å². The molecule has 1 N–H and O–H groups in total. The van der Waals surface area contributed by atoms with Crippen molar-refractivity contribution in [3.8, 4) is 0 Å². The zero-order valence-corrected chi connectivity index (χ0v) is 13.6. The number of rotatable bonds is 8. The van der Waals surface area contributed by atoms with Crippen molar-refractivity contribution in [3.63, 3.8) is 0 Å². The first-order valence-electron chi connectivity index (χ1n) is 7.93. The Morgan fingerprint density at radius 3 is 2.55 bits per heavy atom. The van der Waals surface area contributed by atoms with E-state index < -0.39 is 0 Å². The number of unbranched alkanes of at least 4 members (excludes halogenated alkanes) is 4. The summed E-state index contributed by atoms with van der Waals surface area (Å²) in [7, 11) is 0. The first-order valence-corrected chi connectivity index (χ1v) is 8.68. The lowest BCUT2D eigenvalue weighted by atomic mass is 10.0. The van der Waals surface area contributed by atoms with Gasteiger partial charge in [-0.25, -0.2) is 0 Å². The van der Waals surface area contributed by atoms with Gasteiger partial charge >= 0.3 is 0 Å². The number of halogens is 2. The summed E-state index contributed by atoms with van der Waals surface area (Å²) in [6.07, 6.45) is 11.9. The van der Waals surface area contributed by atoms with Crippen LogP contribution < -0.4 is 5.32 Å². The fraction of sp³-hybridized carbons (Fsp3) is 0.647. The van der Waals surface area contributed by atoms with Crippen LogP contribution in [0.25, 0.3) is 0 Å². The highest BCUT2D eigenvalue weighted by atomic mass is 35.5. The Bertz CT molecular complexity index is 400. The molecule has 1 aromatic rings. The Kier molecular flexibility index (Phi) is 7.19. The van der Waals surface area contributed by atoms with E-state index in [1.165, 1.54) is 63.5 Å². The van der Waals surface area contributed by atoms with Crippen LogP contribution in [0.5, 0.6) is 0 Å². The highest BCUT2D eigenvalue weighted by Crippen LogP contribution is 2.23. The summed E-state index contributed by atoms with van der Waals surface area (Å²) in [5.41, 5.74) is 1.30. The number of hydrogen-bond acceptors (Lipinski definition) is 1. The summed E-state index contributed by atoms with van der Waals surface area (Å²) in [4.78, 5) is 0. The van der Waals surface area contributed by atoms with Crippen LogP contribution in [-0.4, -0.2) is 12.6 Å². The van der Waals surface area contributed by atoms with Crippen molar-refractivity contribution in [2.45, 2.75) is 63.8 Å². The topological polar surface area (TPSA) is 12.0 Å². The van der Waals surface area contributed by atoms with Crippen molar-refractivity contribution in [2.75, 3.05) is 6.54 Å². The molecule has 0 radical (unpaired) electrons. The Balaban J connectivity index is 1.49. The molecule has 20 heavy (non-hydrogen) atoms. The third-order valence-electron chi connectivity index (χ3n) is 4.16. The molecule has 1 nitrogen and oxygen atoms in total. The molecule has 112 valence electrons. The molecule has 1 atom stereocenters. The van der Waals surface area contributed by atoms with Crippen LogP contribution in [0, 0.1) is 0 Å². The monoisotopic (exact) mass is 313 g/mol. The molecule has 0 saturated carbocycles. The Morgan fingerprint density at radius 2 is 1.80 bits per heavy atom. The van der Waals surface area contributed by atoms with Crippen LogP contribution in [0.2, 0.25) is 10.0 Å². The van der Waals surface area contributed by atoms with E-state index in [0.29, 0.717) is 10.0 Å². The molecule has 0 bridgehead atoms. The van der Waals surface area contributed by atoms with Crippen molar-refractivity contribution in [1.82, 2.24) is 5.32 Å². The quantitative estimate of drug-likeness (QED) is 0.613. The molecule has 0 aromatic heterocycles. The van der Waals surface area contributed by atoms with Gasteiger partial charge in [-0.2, -0.15) is 0 Å². The molecule has 0 aliphatic carbocycles. The van der Waals surface area contributed by atoms with E-state index in [0.717, 1.165) is 12.5 Å². The molecule has 1 unspecified atom stereocenters. The van der Waals surface area contributed by atoms with Crippen molar-refractivity contribution in [3.05, 3.63) is 33.8 Å². The summed E-state index contributed by atoms with van der Waals surface area (Å²) in [6.45, 7) is 1.23. The largest absolute Gasteiger partial charge is 0.314 e. The van der Waals surface area contributed by atoms with Gasteiger partial charge in [0.1, 0.15) is 0 Å². The predicted molar refractivity (Wildman–Crippen MR) is 88.9 cm³/mol. The molecule has 1 aromatic carbocycles. The number of benzene rings is 1. The van der Waals surface area contributed by atoms with Gasteiger partial charge in [0.15, 0.2) is 0 Å². The zero-order chi connectivity index (χ0) is 14.2. The molecule has 1 fully saturated rings.